The molecule has 0 heterocycles. The zero-order valence-corrected chi connectivity index (χ0v) is 13.3. The van der Waals surface area contributed by atoms with Gasteiger partial charge in [0, 0.05) is 32.7 Å². The quantitative estimate of drug-likeness (QED) is 0.719. The minimum Gasteiger partial charge on any atom is -0.480 e. The number of carbonyl (C=O) groups is 2. The molecule has 2 N–H and O–H groups in total. The van der Waals surface area contributed by atoms with Gasteiger partial charge in [0.25, 0.3) is 0 Å². The van der Waals surface area contributed by atoms with Crippen LogP contribution in [0.15, 0.2) is 0 Å². The molecular weight excluding hydrogens is 272 g/mol. The highest BCUT2D eigenvalue weighted by atomic mass is 16.5. The Balaban J connectivity index is 2.66. The first-order chi connectivity index (χ1) is 9.95. The molecule has 2 amide bonds. The molecule has 1 atom stereocenters. The van der Waals surface area contributed by atoms with Crippen LogP contribution in [0.3, 0.4) is 0 Å². The summed E-state index contributed by atoms with van der Waals surface area (Å²) < 4.78 is 4.90. The minimum atomic E-state index is -1.02. The number of carboxylic acid groups (broad SMARTS) is 1. The van der Waals surface area contributed by atoms with Crippen molar-refractivity contribution in [2.45, 2.75) is 58.0 Å². The molecule has 0 bridgehead atoms. The fraction of sp³-hybridized carbons (Fsp3) is 0.867. The van der Waals surface area contributed by atoms with Crippen molar-refractivity contribution in [2.24, 2.45) is 5.92 Å². The first kappa shape index (κ1) is 17.8. The zero-order valence-electron chi connectivity index (χ0n) is 13.3. The Morgan fingerprint density at radius 2 is 1.95 bits per heavy atom. The third-order valence-electron chi connectivity index (χ3n) is 3.79. The molecule has 122 valence electrons. The average Bonchev–Trinajstić information content (AvgIpc) is 2.93. The van der Waals surface area contributed by atoms with Crippen LogP contribution in [0.5, 0.6) is 0 Å². The van der Waals surface area contributed by atoms with Gasteiger partial charge in [0.1, 0.15) is 6.04 Å². The van der Waals surface area contributed by atoms with Crippen LogP contribution in [0.2, 0.25) is 0 Å². The van der Waals surface area contributed by atoms with E-state index in [1.807, 2.05) is 4.90 Å². The number of methoxy groups -OCH3 is 1. The van der Waals surface area contributed by atoms with Gasteiger partial charge in [-0.2, -0.15) is 0 Å². The Bertz CT molecular complexity index is 341. The number of ether oxygens (including phenoxy) is 1. The summed E-state index contributed by atoms with van der Waals surface area (Å²) in [5.41, 5.74) is 0. The van der Waals surface area contributed by atoms with Gasteiger partial charge in [-0.1, -0.05) is 26.7 Å². The van der Waals surface area contributed by atoms with Crippen LogP contribution in [0, 0.1) is 5.92 Å². The maximum absolute atomic E-state index is 12.5. The smallest absolute Gasteiger partial charge is 0.326 e. The van der Waals surface area contributed by atoms with E-state index in [2.05, 4.69) is 19.2 Å². The van der Waals surface area contributed by atoms with Crippen molar-refractivity contribution in [2.75, 3.05) is 20.3 Å². The second-order valence-corrected chi connectivity index (χ2v) is 6.11. The third-order valence-corrected chi connectivity index (χ3v) is 3.79. The fourth-order valence-electron chi connectivity index (χ4n) is 2.73. The van der Waals surface area contributed by atoms with Crippen molar-refractivity contribution in [1.82, 2.24) is 10.2 Å². The van der Waals surface area contributed by atoms with Gasteiger partial charge in [0.05, 0.1) is 0 Å². The summed E-state index contributed by atoms with van der Waals surface area (Å²) in [5, 5.41) is 11.8. The van der Waals surface area contributed by atoms with Crippen molar-refractivity contribution in [1.29, 1.82) is 0 Å². The van der Waals surface area contributed by atoms with E-state index < -0.39 is 12.0 Å². The molecule has 6 heteroatoms. The van der Waals surface area contributed by atoms with E-state index in [1.165, 1.54) is 7.11 Å². The lowest BCUT2D eigenvalue weighted by molar-refractivity contribution is -0.139. The van der Waals surface area contributed by atoms with Gasteiger partial charge in [-0.15, -0.1) is 0 Å². The molecule has 0 spiro atoms. The van der Waals surface area contributed by atoms with E-state index in [1.54, 1.807) is 0 Å². The second-order valence-electron chi connectivity index (χ2n) is 6.11. The number of carbonyl (C=O) groups excluding carboxylic acids is 1. The Morgan fingerprint density at radius 1 is 1.33 bits per heavy atom. The highest BCUT2D eigenvalue weighted by Gasteiger charge is 2.29. The first-order valence-corrected chi connectivity index (χ1v) is 7.74. The Morgan fingerprint density at radius 3 is 2.43 bits per heavy atom. The molecule has 1 aliphatic carbocycles. The van der Waals surface area contributed by atoms with Gasteiger partial charge in [-0.25, -0.2) is 9.59 Å². The van der Waals surface area contributed by atoms with Gasteiger partial charge in [0.15, 0.2) is 0 Å². The molecule has 0 saturated heterocycles. The predicted molar refractivity (Wildman–Crippen MR) is 80.2 cm³/mol. The van der Waals surface area contributed by atoms with Crippen LogP contribution >= 0.6 is 0 Å². The molecule has 1 aliphatic rings. The van der Waals surface area contributed by atoms with E-state index in [9.17, 15) is 14.7 Å². The lowest BCUT2D eigenvalue weighted by Gasteiger charge is -2.31. The van der Waals surface area contributed by atoms with E-state index in [-0.39, 0.29) is 18.5 Å². The lowest BCUT2D eigenvalue weighted by atomic mass is 10.1. The van der Waals surface area contributed by atoms with Gasteiger partial charge in [0.2, 0.25) is 0 Å². The van der Waals surface area contributed by atoms with E-state index in [4.69, 9.17) is 4.74 Å². The van der Waals surface area contributed by atoms with Gasteiger partial charge in [-0.05, 0) is 18.8 Å². The van der Waals surface area contributed by atoms with Crippen molar-refractivity contribution in [3.63, 3.8) is 0 Å². The number of carboxylic acids is 1. The predicted octanol–water partition coefficient (Wildman–Crippen LogP) is 2.09. The zero-order chi connectivity index (χ0) is 15.8. The van der Waals surface area contributed by atoms with E-state index in [0.717, 1.165) is 25.7 Å². The summed E-state index contributed by atoms with van der Waals surface area (Å²) in [7, 11) is 1.52. The fourth-order valence-corrected chi connectivity index (χ4v) is 2.73. The molecule has 1 rings (SSSR count). The molecule has 0 aromatic heterocycles. The lowest BCUT2D eigenvalue weighted by Crippen LogP contribution is -2.52. The highest BCUT2D eigenvalue weighted by Crippen LogP contribution is 2.24. The summed E-state index contributed by atoms with van der Waals surface area (Å²) >= 11 is 0. The molecular formula is C15H28N2O4. The Hall–Kier alpha value is -1.30. The summed E-state index contributed by atoms with van der Waals surface area (Å²) in [6.45, 7) is 5.10. The van der Waals surface area contributed by atoms with Crippen LogP contribution in [0.4, 0.5) is 4.79 Å². The van der Waals surface area contributed by atoms with E-state index in [0.29, 0.717) is 19.1 Å². The molecule has 1 fully saturated rings. The number of urea groups is 1. The number of nitrogens with one attached hydrogen (secondary N) is 1. The maximum atomic E-state index is 12.5. The molecule has 6 nitrogen and oxygen atoms in total. The van der Waals surface area contributed by atoms with Crippen molar-refractivity contribution in [3.8, 4) is 0 Å². The monoisotopic (exact) mass is 300 g/mol. The normalized spacial score (nSPS) is 17.0. The molecule has 1 unspecified atom stereocenters. The third kappa shape index (κ3) is 5.91. The number of amides is 2. The van der Waals surface area contributed by atoms with Crippen LogP contribution in [-0.2, 0) is 9.53 Å². The molecule has 21 heavy (non-hydrogen) atoms. The van der Waals surface area contributed by atoms with Crippen molar-refractivity contribution >= 4 is 12.0 Å². The molecule has 1 saturated carbocycles. The number of hydrogen-bond acceptors (Lipinski definition) is 3. The highest BCUT2D eigenvalue weighted by molar-refractivity contribution is 5.82. The number of rotatable bonds is 8. The van der Waals surface area contributed by atoms with Gasteiger partial charge >= 0.3 is 12.0 Å². The molecule has 0 aliphatic heterocycles. The standard InChI is InChI=1S/C15H28N2O4/c1-11(2)10-17(12-6-4-5-7-12)15(20)16-13(14(18)19)8-9-21-3/h11-13H,4-10H2,1-3H3,(H,16,20)(H,18,19). The Labute approximate surface area is 126 Å². The van der Waals surface area contributed by atoms with Crippen LogP contribution < -0.4 is 5.32 Å². The average molecular weight is 300 g/mol. The molecule has 0 aromatic carbocycles. The summed E-state index contributed by atoms with van der Waals surface area (Å²) in [6.07, 6.45) is 4.57. The van der Waals surface area contributed by atoms with Crippen LogP contribution in [0.1, 0.15) is 46.0 Å². The summed E-state index contributed by atoms with van der Waals surface area (Å²) in [4.78, 5) is 25.5. The largest absolute Gasteiger partial charge is 0.480 e. The minimum absolute atomic E-state index is 0.240. The molecule has 0 radical (unpaired) electrons. The molecule has 0 aromatic rings. The topological polar surface area (TPSA) is 78.9 Å². The number of aliphatic carboxylic acids is 1. The number of nitrogens with zero attached hydrogens (tertiary/aromatic N) is 1. The summed E-state index contributed by atoms with van der Waals surface area (Å²) in [5.74, 6) is -0.657. The van der Waals surface area contributed by atoms with Gasteiger partial charge < -0.3 is 20.1 Å². The SMILES string of the molecule is COCCC(NC(=O)N(CC(C)C)C1CCCC1)C(=O)O. The van der Waals surface area contributed by atoms with Crippen LogP contribution in [-0.4, -0.2) is 54.4 Å². The van der Waals surface area contributed by atoms with E-state index >= 15 is 0 Å². The van der Waals surface area contributed by atoms with Gasteiger partial charge in [-0.3, -0.25) is 0 Å². The van der Waals surface area contributed by atoms with Crippen molar-refractivity contribution in [3.05, 3.63) is 0 Å². The number of hydrogen-bond donors (Lipinski definition) is 2. The van der Waals surface area contributed by atoms with Crippen LogP contribution in [0.25, 0.3) is 0 Å². The summed E-state index contributed by atoms with van der Waals surface area (Å²) in [6, 6.07) is -0.920. The maximum Gasteiger partial charge on any atom is 0.326 e. The second kappa shape index (κ2) is 8.87. The first-order valence-electron chi connectivity index (χ1n) is 7.74. The van der Waals surface area contributed by atoms with Crippen molar-refractivity contribution < 1.29 is 19.4 Å². The Kier molecular flexibility index (Phi) is 7.50.